The van der Waals surface area contributed by atoms with Crippen LogP contribution < -0.4 is 10.2 Å². The second-order valence-electron chi connectivity index (χ2n) is 9.81. The molecule has 0 saturated heterocycles. The van der Waals surface area contributed by atoms with E-state index in [-0.39, 0.29) is 6.04 Å². The Labute approximate surface area is 206 Å². The van der Waals surface area contributed by atoms with E-state index in [9.17, 15) is 9.59 Å². The summed E-state index contributed by atoms with van der Waals surface area (Å²) in [7, 11) is 0. The highest BCUT2D eigenvalue weighted by molar-refractivity contribution is 7.24. The van der Waals surface area contributed by atoms with Crippen LogP contribution in [-0.4, -0.2) is 33.8 Å². The molecule has 3 aromatic heterocycles. The normalized spacial score (nSPS) is 13.1. The van der Waals surface area contributed by atoms with Gasteiger partial charge in [0.05, 0.1) is 16.8 Å². The predicted octanol–water partition coefficient (Wildman–Crippen LogP) is 6.82. The summed E-state index contributed by atoms with van der Waals surface area (Å²) in [5.41, 5.74) is -0.293. The van der Waals surface area contributed by atoms with Crippen LogP contribution in [0.5, 0.6) is 0 Å². The molecule has 3 rings (SSSR count). The van der Waals surface area contributed by atoms with E-state index in [1.807, 2.05) is 72.0 Å². The Balaban J connectivity index is 1.80. The molecule has 0 bridgehead atoms. The van der Waals surface area contributed by atoms with E-state index in [0.717, 1.165) is 25.0 Å². The number of amides is 2. The number of nitrogens with one attached hydrogen (secondary N) is 1. The minimum absolute atomic E-state index is 0.109. The van der Waals surface area contributed by atoms with Crippen LogP contribution in [0.15, 0.2) is 23.6 Å². The molecule has 0 aromatic carbocycles. The van der Waals surface area contributed by atoms with Crippen LogP contribution in [0.2, 0.25) is 0 Å². The lowest BCUT2D eigenvalue weighted by Gasteiger charge is -2.26. The number of anilines is 1. The van der Waals surface area contributed by atoms with Crippen molar-refractivity contribution in [2.75, 3.05) is 4.90 Å². The molecule has 0 radical (unpaired) electrons. The Kier molecular flexibility index (Phi) is 7.70. The first kappa shape index (κ1) is 25.5. The molecule has 1 atom stereocenters. The first-order valence-electron chi connectivity index (χ1n) is 10.7. The monoisotopic (exact) mass is 509 g/mol. The van der Waals surface area contributed by atoms with Gasteiger partial charge < -0.3 is 14.8 Å². The van der Waals surface area contributed by atoms with Gasteiger partial charge in [-0.3, -0.25) is 4.90 Å². The van der Waals surface area contributed by atoms with Crippen molar-refractivity contribution in [1.82, 2.24) is 9.69 Å². The van der Waals surface area contributed by atoms with Gasteiger partial charge in [0.2, 0.25) is 0 Å². The van der Waals surface area contributed by atoms with Gasteiger partial charge in [-0.15, -0.1) is 22.7 Å². The molecule has 0 aliphatic rings. The van der Waals surface area contributed by atoms with E-state index in [0.29, 0.717) is 13.0 Å². The highest BCUT2D eigenvalue weighted by Gasteiger charge is 2.28. The molecule has 180 valence electrons. The van der Waals surface area contributed by atoms with Crippen molar-refractivity contribution in [3.05, 3.63) is 33.3 Å². The van der Waals surface area contributed by atoms with Crippen LogP contribution in [-0.2, 0) is 22.4 Å². The number of carbonyl (C=O) groups excluding carboxylic acids is 2. The molecule has 1 N–H and O–H groups in total. The number of hydrogen-bond donors (Lipinski definition) is 1. The van der Waals surface area contributed by atoms with Gasteiger partial charge in [-0.1, -0.05) is 6.07 Å². The number of nitrogens with zero attached hydrogens (tertiary/aromatic N) is 2. The van der Waals surface area contributed by atoms with Crippen LogP contribution in [0.3, 0.4) is 0 Å². The molecular formula is C23H31N3O4S3. The van der Waals surface area contributed by atoms with E-state index in [1.54, 1.807) is 27.6 Å². The minimum Gasteiger partial charge on any atom is -0.444 e. The molecule has 2 amide bonds. The molecule has 3 aromatic rings. The van der Waals surface area contributed by atoms with Crippen molar-refractivity contribution >= 4 is 61.6 Å². The molecule has 33 heavy (non-hydrogen) atoms. The third-order valence-corrected chi connectivity index (χ3v) is 7.24. The minimum atomic E-state index is -0.599. The van der Waals surface area contributed by atoms with Crippen molar-refractivity contribution in [1.29, 1.82) is 0 Å². The lowest BCUT2D eigenvalue weighted by Crippen LogP contribution is -2.38. The average molecular weight is 510 g/mol. The summed E-state index contributed by atoms with van der Waals surface area (Å²) in [5.74, 6) is 0. The van der Waals surface area contributed by atoms with Gasteiger partial charge in [0, 0.05) is 22.2 Å². The van der Waals surface area contributed by atoms with Gasteiger partial charge in [-0.2, -0.15) is 4.37 Å². The largest absolute Gasteiger partial charge is 0.444 e. The molecule has 10 heteroatoms. The maximum absolute atomic E-state index is 13.1. The fourth-order valence-electron chi connectivity index (χ4n) is 3.01. The van der Waals surface area contributed by atoms with Gasteiger partial charge in [0.1, 0.15) is 16.2 Å². The Morgan fingerprint density at radius 3 is 2.42 bits per heavy atom. The molecule has 0 saturated carbocycles. The number of fused-ring (bicyclic) bond motifs is 1. The third kappa shape index (κ3) is 7.41. The Hall–Kier alpha value is -2.17. The zero-order valence-corrected chi connectivity index (χ0v) is 22.5. The average Bonchev–Trinajstić information content (AvgIpc) is 3.33. The van der Waals surface area contributed by atoms with Crippen LogP contribution in [0.1, 0.15) is 58.2 Å². The molecule has 0 unspecified atom stereocenters. The Morgan fingerprint density at radius 2 is 1.82 bits per heavy atom. The predicted molar refractivity (Wildman–Crippen MR) is 137 cm³/mol. The topological polar surface area (TPSA) is 80.8 Å². The van der Waals surface area contributed by atoms with Crippen molar-refractivity contribution in [2.45, 2.75) is 78.7 Å². The zero-order chi connectivity index (χ0) is 24.4. The molecular weight excluding hydrogens is 478 g/mol. The number of thiophene rings is 2. The molecule has 7 nitrogen and oxygen atoms in total. The lowest BCUT2D eigenvalue weighted by atomic mass is 10.2. The van der Waals surface area contributed by atoms with Gasteiger partial charge in [-0.05, 0) is 77.5 Å². The molecule has 0 spiro atoms. The number of ether oxygens (including phenoxy) is 2. The SMILES string of the molecule is C[C@@H](Cc1cc2nsc(N(Cc3cccs3)C(=O)OC(C)(C)C)c2s1)NC(=O)OC(C)(C)C. The first-order valence-corrected chi connectivity index (χ1v) is 13.2. The highest BCUT2D eigenvalue weighted by Crippen LogP contribution is 2.39. The standard InChI is InChI=1S/C23H31N3O4S3/c1-14(24-20(27)29-22(2,3)4)11-16-12-17-18(32-16)19(33-25-17)26(13-15-9-8-10-31-15)21(28)30-23(5,6)7/h8-10,12,14H,11,13H2,1-7H3,(H,24,27)/t14-/m0/s1. The van der Waals surface area contributed by atoms with Gasteiger partial charge in [0.15, 0.2) is 0 Å². The smallest absolute Gasteiger partial charge is 0.415 e. The van der Waals surface area contributed by atoms with Crippen LogP contribution in [0, 0.1) is 0 Å². The second-order valence-corrected chi connectivity index (χ2v) is 12.7. The van der Waals surface area contributed by atoms with E-state index in [2.05, 4.69) is 9.69 Å². The summed E-state index contributed by atoms with van der Waals surface area (Å²) in [5, 5.41) is 5.64. The summed E-state index contributed by atoms with van der Waals surface area (Å²) >= 11 is 4.48. The highest BCUT2D eigenvalue weighted by atomic mass is 32.1. The zero-order valence-electron chi connectivity index (χ0n) is 20.1. The van der Waals surface area contributed by atoms with Crippen LogP contribution >= 0.6 is 34.2 Å². The summed E-state index contributed by atoms with van der Waals surface area (Å²) in [4.78, 5) is 29.0. The van der Waals surface area contributed by atoms with Crippen LogP contribution in [0.25, 0.3) is 10.2 Å². The van der Waals surface area contributed by atoms with Crippen LogP contribution in [0.4, 0.5) is 14.6 Å². The van der Waals surface area contributed by atoms with Gasteiger partial charge >= 0.3 is 12.2 Å². The number of alkyl carbamates (subject to hydrolysis) is 1. The van der Waals surface area contributed by atoms with Crippen molar-refractivity contribution in [3.63, 3.8) is 0 Å². The lowest BCUT2D eigenvalue weighted by molar-refractivity contribution is 0.0507. The third-order valence-electron chi connectivity index (χ3n) is 4.21. The molecule has 3 heterocycles. The first-order chi connectivity index (χ1) is 15.3. The Morgan fingerprint density at radius 1 is 1.12 bits per heavy atom. The summed E-state index contributed by atoms with van der Waals surface area (Å²) in [6.07, 6.45) is -0.183. The van der Waals surface area contributed by atoms with Crippen molar-refractivity contribution in [3.8, 4) is 0 Å². The van der Waals surface area contributed by atoms with Gasteiger partial charge in [0.25, 0.3) is 0 Å². The summed E-state index contributed by atoms with van der Waals surface area (Å²) in [6.45, 7) is 13.5. The van der Waals surface area contributed by atoms with E-state index in [4.69, 9.17) is 9.47 Å². The Bertz CT molecular complexity index is 1090. The maximum atomic E-state index is 13.1. The van der Waals surface area contributed by atoms with Gasteiger partial charge in [-0.25, -0.2) is 9.59 Å². The number of rotatable bonds is 6. The summed E-state index contributed by atoms with van der Waals surface area (Å²) in [6, 6.07) is 5.89. The molecule has 0 fully saturated rings. The maximum Gasteiger partial charge on any atom is 0.415 e. The fraction of sp³-hybridized carbons (Fsp3) is 0.522. The number of hydrogen-bond acceptors (Lipinski definition) is 8. The molecule has 0 aliphatic carbocycles. The quantitative estimate of drug-likeness (QED) is 0.394. The number of carbonyl (C=O) groups is 2. The fourth-order valence-corrected chi connectivity index (χ4v) is 5.93. The van der Waals surface area contributed by atoms with Crippen molar-refractivity contribution in [2.24, 2.45) is 0 Å². The number of aromatic nitrogens is 1. The van der Waals surface area contributed by atoms with E-state index < -0.39 is 23.4 Å². The van der Waals surface area contributed by atoms with E-state index in [1.165, 1.54) is 11.5 Å². The summed E-state index contributed by atoms with van der Waals surface area (Å²) < 4.78 is 16.6. The molecule has 0 aliphatic heterocycles. The van der Waals surface area contributed by atoms with E-state index >= 15 is 0 Å². The van der Waals surface area contributed by atoms with Crippen molar-refractivity contribution < 1.29 is 19.1 Å². The second kappa shape index (κ2) is 9.99.